The number of amides is 2. The van der Waals surface area contributed by atoms with Gasteiger partial charge in [-0.25, -0.2) is 0 Å². The molecule has 10 heteroatoms. The Balaban J connectivity index is 1.49. The van der Waals surface area contributed by atoms with Crippen LogP contribution in [0.5, 0.6) is 5.75 Å². The molecular weight excluding hydrogens is 473 g/mol. The number of ether oxygens (including phenoxy) is 1. The van der Waals surface area contributed by atoms with Crippen LogP contribution in [0.3, 0.4) is 0 Å². The first kappa shape index (κ1) is 25.5. The normalized spacial score (nSPS) is 19.6. The quantitative estimate of drug-likeness (QED) is 0.670. The van der Waals surface area contributed by atoms with Gasteiger partial charge in [0.1, 0.15) is 5.75 Å². The van der Waals surface area contributed by atoms with Crippen LogP contribution in [0.2, 0.25) is 0 Å². The second-order valence-electron chi connectivity index (χ2n) is 9.50. The van der Waals surface area contributed by atoms with Gasteiger partial charge in [0.05, 0.1) is 23.3 Å². The van der Waals surface area contributed by atoms with Gasteiger partial charge in [0.15, 0.2) is 0 Å². The molecule has 4 rings (SSSR count). The Morgan fingerprint density at radius 2 is 1.86 bits per heavy atom. The van der Waals surface area contributed by atoms with Gasteiger partial charge < -0.3 is 14.5 Å². The molecule has 2 aromatic rings. The van der Waals surface area contributed by atoms with Crippen LogP contribution in [-0.4, -0.2) is 52.8 Å². The van der Waals surface area contributed by atoms with Crippen molar-refractivity contribution in [3.63, 3.8) is 0 Å². The van der Waals surface area contributed by atoms with E-state index < -0.39 is 12.0 Å². The number of rotatable bonds is 5. The summed E-state index contributed by atoms with van der Waals surface area (Å²) in [6.45, 7) is 5.06. The molecule has 2 saturated heterocycles. The van der Waals surface area contributed by atoms with Gasteiger partial charge in [-0.3, -0.25) is 14.9 Å². The number of alkyl halides is 3. The minimum atomic E-state index is -4.80. The van der Waals surface area contributed by atoms with Crippen molar-refractivity contribution in [1.82, 2.24) is 15.1 Å². The van der Waals surface area contributed by atoms with Crippen molar-refractivity contribution in [2.75, 3.05) is 13.1 Å². The highest BCUT2D eigenvalue weighted by Crippen LogP contribution is 2.36. The summed E-state index contributed by atoms with van der Waals surface area (Å²) in [5.41, 5.74) is 1.01. The first-order valence-corrected chi connectivity index (χ1v) is 11.7. The summed E-state index contributed by atoms with van der Waals surface area (Å²) >= 11 is 0. The van der Waals surface area contributed by atoms with Gasteiger partial charge >= 0.3 is 6.36 Å². The van der Waals surface area contributed by atoms with Crippen LogP contribution in [-0.2, 0) is 11.3 Å². The predicted molar refractivity (Wildman–Crippen MR) is 124 cm³/mol. The predicted octanol–water partition coefficient (Wildman–Crippen LogP) is 4.05. The van der Waals surface area contributed by atoms with Crippen molar-refractivity contribution in [3.05, 3.63) is 65.2 Å². The van der Waals surface area contributed by atoms with Gasteiger partial charge in [-0.1, -0.05) is 26.0 Å². The summed E-state index contributed by atoms with van der Waals surface area (Å²) in [6, 6.07) is 13.8. The Hall–Kier alpha value is -3.58. The SMILES string of the molecule is CC(C)C1NC2(CCN(C(=O)c3ccc(OC(F)(F)F)cc3)CC2)N(Cc2cccc(C#N)c2)C1=O. The standard InChI is InChI=1S/C26H27F3N4O3/c1-17(2)22-24(35)33(16-19-5-3-4-18(14-19)15-30)25(31-22)10-12-32(13-11-25)23(34)20-6-8-21(9-7-20)36-26(27,28)29/h3-9,14,17,22,31H,10-13,16H2,1-2H3. The highest BCUT2D eigenvalue weighted by atomic mass is 19.4. The van der Waals surface area contributed by atoms with E-state index >= 15 is 0 Å². The number of likely N-dealkylation sites (tertiary alicyclic amines) is 1. The molecule has 1 spiro atoms. The fourth-order valence-corrected chi connectivity index (χ4v) is 4.89. The van der Waals surface area contributed by atoms with Crippen molar-refractivity contribution in [3.8, 4) is 11.8 Å². The Morgan fingerprint density at radius 3 is 2.44 bits per heavy atom. The molecule has 1 atom stereocenters. The third-order valence-corrected chi connectivity index (χ3v) is 6.75. The van der Waals surface area contributed by atoms with E-state index in [0.717, 1.165) is 17.7 Å². The lowest BCUT2D eigenvalue weighted by Crippen LogP contribution is -2.59. The molecule has 190 valence electrons. The molecule has 2 heterocycles. The van der Waals surface area contributed by atoms with Crippen LogP contribution < -0.4 is 10.1 Å². The molecular formula is C26H27F3N4O3. The lowest BCUT2D eigenvalue weighted by molar-refractivity contribution is -0.274. The molecule has 36 heavy (non-hydrogen) atoms. The third kappa shape index (κ3) is 5.31. The summed E-state index contributed by atoms with van der Waals surface area (Å²) < 4.78 is 41.1. The monoisotopic (exact) mass is 500 g/mol. The third-order valence-electron chi connectivity index (χ3n) is 6.75. The molecule has 0 saturated carbocycles. The van der Waals surface area contributed by atoms with Crippen molar-refractivity contribution >= 4 is 11.8 Å². The number of nitrogens with one attached hydrogen (secondary N) is 1. The summed E-state index contributed by atoms with van der Waals surface area (Å²) in [5, 5.41) is 12.8. The summed E-state index contributed by atoms with van der Waals surface area (Å²) in [7, 11) is 0. The molecule has 0 aromatic heterocycles. The van der Waals surface area contributed by atoms with Crippen molar-refractivity contribution < 1.29 is 27.5 Å². The van der Waals surface area contributed by atoms with Crippen LogP contribution >= 0.6 is 0 Å². The highest BCUT2D eigenvalue weighted by molar-refractivity contribution is 5.94. The van der Waals surface area contributed by atoms with E-state index in [-0.39, 0.29) is 35.1 Å². The fourth-order valence-electron chi connectivity index (χ4n) is 4.89. The Bertz CT molecular complexity index is 1170. The zero-order valence-electron chi connectivity index (χ0n) is 20.0. The van der Waals surface area contributed by atoms with E-state index in [4.69, 9.17) is 0 Å². The van der Waals surface area contributed by atoms with Gasteiger partial charge in [-0.15, -0.1) is 13.2 Å². The Labute approximate surface area is 207 Å². The minimum Gasteiger partial charge on any atom is -0.406 e. The first-order chi connectivity index (χ1) is 17.0. The molecule has 2 aromatic carbocycles. The molecule has 2 aliphatic rings. The van der Waals surface area contributed by atoms with E-state index in [2.05, 4.69) is 16.1 Å². The van der Waals surface area contributed by atoms with Crippen LogP contribution in [0, 0.1) is 17.2 Å². The average molecular weight is 501 g/mol. The van der Waals surface area contributed by atoms with E-state index in [1.165, 1.54) is 12.1 Å². The van der Waals surface area contributed by atoms with Crippen molar-refractivity contribution in [1.29, 1.82) is 5.26 Å². The van der Waals surface area contributed by atoms with Crippen LogP contribution in [0.4, 0.5) is 13.2 Å². The zero-order valence-corrected chi connectivity index (χ0v) is 20.0. The number of nitrogens with zero attached hydrogens (tertiary/aromatic N) is 3. The average Bonchev–Trinajstić information content (AvgIpc) is 3.10. The molecule has 1 unspecified atom stereocenters. The second-order valence-corrected chi connectivity index (χ2v) is 9.50. The van der Waals surface area contributed by atoms with Crippen LogP contribution in [0.15, 0.2) is 48.5 Å². The largest absolute Gasteiger partial charge is 0.573 e. The van der Waals surface area contributed by atoms with E-state index in [0.29, 0.717) is 38.0 Å². The maximum Gasteiger partial charge on any atom is 0.573 e. The van der Waals surface area contributed by atoms with Gasteiger partial charge in [-0.2, -0.15) is 5.26 Å². The number of benzene rings is 2. The number of carbonyl (C=O) groups excluding carboxylic acids is 2. The highest BCUT2D eigenvalue weighted by Gasteiger charge is 2.52. The Kier molecular flexibility index (Phi) is 6.96. The molecule has 2 amide bonds. The van der Waals surface area contributed by atoms with Crippen molar-refractivity contribution in [2.24, 2.45) is 5.92 Å². The van der Waals surface area contributed by atoms with Gasteiger partial charge in [0.25, 0.3) is 5.91 Å². The molecule has 1 N–H and O–H groups in total. The topological polar surface area (TPSA) is 85.7 Å². The number of hydrogen-bond acceptors (Lipinski definition) is 5. The van der Waals surface area contributed by atoms with E-state index in [9.17, 15) is 28.0 Å². The number of nitriles is 1. The number of carbonyl (C=O) groups is 2. The number of hydrogen-bond donors (Lipinski definition) is 1. The molecule has 7 nitrogen and oxygen atoms in total. The van der Waals surface area contributed by atoms with E-state index in [1.807, 2.05) is 24.8 Å². The lowest BCUT2D eigenvalue weighted by atomic mass is 9.94. The van der Waals surface area contributed by atoms with Gasteiger partial charge in [0.2, 0.25) is 5.91 Å². The van der Waals surface area contributed by atoms with Gasteiger partial charge in [0, 0.05) is 38.0 Å². The maximum absolute atomic E-state index is 13.4. The lowest BCUT2D eigenvalue weighted by Gasteiger charge is -2.45. The van der Waals surface area contributed by atoms with Gasteiger partial charge in [-0.05, 0) is 47.9 Å². The summed E-state index contributed by atoms with van der Waals surface area (Å²) in [4.78, 5) is 29.9. The zero-order chi connectivity index (χ0) is 26.1. The summed E-state index contributed by atoms with van der Waals surface area (Å²) in [6.07, 6.45) is -3.80. The molecule has 2 aliphatic heterocycles. The maximum atomic E-state index is 13.4. The minimum absolute atomic E-state index is 0.00705. The molecule has 2 fully saturated rings. The van der Waals surface area contributed by atoms with E-state index in [1.54, 1.807) is 23.1 Å². The molecule has 0 radical (unpaired) electrons. The molecule has 0 bridgehead atoms. The smallest absolute Gasteiger partial charge is 0.406 e. The summed E-state index contributed by atoms with van der Waals surface area (Å²) in [5.74, 6) is -0.614. The van der Waals surface area contributed by atoms with Crippen LogP contribution in [0.1, 0.15) is 48.2 Å². The van der Waals surface area contributed by atoms with Crippen LogP contribution in [0.25, 0.3) is 0 Å². The second kappa shape index (κ2) is 9.82. The number of halogens is 3. The fraction of sp³-hybridized carbons (Fsp3) is 0.423. The van der Waals surface area contributed by atoms with Crippen molar-refractivity contribution in [2.45, 2.75) is 51.3 Å². The number of piperidine rings is 1. The first-order valence-electron chi connectivity index (χ1n) is 11.7. The molecule has 0 aliphatic carbocycles. The Morgan fingerprint density at radius 1 is 1.19 bits per heavy atom.